The van der Waals surface area contributed by atoms with Crippen molar-refractivity contribution in [2.24, 2.45) is 0 Å². The molecule has 1 fully saturated rings. The third kappa shape index (κ3) is 1.99. The van der Waals surface area contributed by atoms with Crippen molar-refractivity contribution < 1.29 is 4.42 Å². The van der Waals surface area contributed by atoms with Gasteiger partial charge in [-0.1, -0.05) is 0 Å². The molecule has 1 aliphatic rings. The number of piperazine rings is 1. The molecule has 1 N–H and O–H groups in total. The first-order chi connectivity index (χ1) is 6.77. The molecule has 14 heavy (non-hydrogen) atoms. The molecule has 0 aliphatic carbocycles. The molecule has 3 heteroatoms. The Labute approximate surface area is 85.1 Å². The zero-order valence-corrected chi connectivity index (χ0v) is 8.86. The van der Waals surface area contributed by atoms with Gasteiger partial charge in [-0.2, -0.15) is 0 Å². The Morgan fingerprint density at radius 3 is 3.14 bits per heavy atom. The van der Waals surface area contributed by atoms with Crippen LogP contribution in [-0.2, 0) is 0 Å². The third-order valence-corrected chi connectivity index (χ3v) is 2.90. The van der Waals surface area contributed by atoms with E-state index >= 15 is 0 Å². The topological polar surface area (TPSA) is 28.4 Å². The van der Waals surface area contributed by atoms with E-state index in [0.717, 1.165) is 25.4 Å². The Balaban J connectivity index is 2.00. The van der Waals surface area contributed by atoms with Gasteiger partial charge in [-0.3, -0.25) is 4.90 Å². The molecule has 0 amide bonds. The van der Waals surface area contributed by atoms with Gasteiger partial charge in [0.05, 0.1) is 12.3 Å². The predicted octanol–water partition coefficient (Wildman–Crippen LogP) is 1.63. The van der Waals surface area contributed by atoms with Crippen LogP contribution in [0.3, 0.4) is 0 Å². The van der Waals surface area contributed by atoms with E-state index in [9.17, 15) is 0 Å². The van der Waals surface area contributed by atoms with Gasteiger partial charge >= 0.3 is 0 Å². The Morgan fingerprint density at radius 1 is 1.64 bits per heavy atom. The van der Waals surface area contributed by atoms with Gasteiger partial charge in [0.25, 0.3) is 0 Å². The van der Waals surface area contributed by atoms with Crippen LogP contribution in [0.2, 0.25) is 0 Å². The SMILES string of the molecule is C[C@@H]1CN([C@H](C)c2ccco2)CCN1. The van der Waals surface area contributed by atoms with Crippen LogP contribution in [-0.4, -0.2) is 30.6 Å². The van der Waals surface area contributed by atoms with Gasteiger partial charge in [-0.05, 0) is 26.0 Å². The summed E-state index contributed by atoms with van der Waals surface area (Å²) in [5.74, 6) is 1.07. The van der Waals surface area contributed by atoms with Gasteiger partial charge < -0.3 is 9.73 Å². The Bertz CT molecular complexity index is 271. The van der Waals surface area contributed by atoms with Crippen LogP contribution in [0.4, 0.5) is 0 Å². The van der Waals surface area contributed by atoms with Crippen molar-refractivity contribution >= 4 is 0 Å². The highest BCUT2D eigenvalue weighted by molar-refractivity contribution is 5.04. The summed E-state index contributed by atoms with van der Waals surface area (Å²) in [6.07, 6.45) is 1.75. The molecule has 1 aromatic heterocycles. The van der Waals surface area contributed by atoms with E-state index in [1.54, 1.807) is 6.26 Å². The minimum atomic E-state index is 0.398. The summed E-state index contributed by atoms with van der Waals surface area (Å²) in [5.41, 5.74) is 0. The van der Waals surface area contributed by atoms with Gasteiger partial charge in [0.15, 0.2) is 0 Å². The quantitative estimate of drug-likeness (QED) is 0.775. The molecule has 3 nitrogen and oxygen atoms in total. The molecular formula is C11H18N2O. The molecule has 1 saturated heterocycles. The van der Waals surface area contributed by atoms with Crippen molar-refractivity contribution in [3.8, 4) is 0 Å². The second-order valence-corrected chi connectivity index (χ2v) is 4.04. The molecule has 2 atom stereocenters. The molecule has 0 unspecified atom stereocenters. The normalized spacial score (nSPS) is 26.3. The van der Waals surface area contributed by atoms with E-state index in [0.29, 0.717) is 12.1 Å². The maximum atomic E-state index is 5.42. The van der Waals surface area contributed by atoms with E-state index in [2.05, 4.69) is 30.1 Å². The van der Waals surface area contributed by atoms with Crippen molar-refractivity contribution in [1.29, 1.82) is 0 Å². The molecule has 0 aromatic carbocycles. The fourth-order valence-corrected chi connectivity index (χ4v) is 2.02. The number of nitrogens with one attached hydrogen (secondary N) is 1. The number of hydrogen-bond acceptors (Lipinski definition) is 3. The average molecular weight is 194 g/mol. The molecule has 0 bridgehead atoms. The van der Waals surface area contributed by atoms with Gasteiger partial charge in [-0.15, -0.1) is 0 Å². The summed E-state index contributed by atoms with van der Waals surface area (Å²) < 4.78 is 5.42. The maximum absolute atomic E-state index is 5.42. The van der Waals surface area contributed by atoms with Crippen LogP contribution in [0.5, 0.6) is 0 Å². The highest BCUT2D eigenvalue weighted by atomic mass is 16.3. The van der Waals surface area contributed by atoms with E-state index in [1.807, 2.05) is 6.07 Å². The van der Waals surface area contributed by atoms with Crippen LogP contribution in [0.1, 0.15) is 25.6 Å². The minimum Gasteiger partial charge on any atom is -0.468 e. The van der Waals surface area contributed by atoms with E-state index in [-0.39, 0.29) is 0 Å². The fourth-order valence-electron chi connectivity index (χ4n) is 2.02. The van der Waals surface area contributed by atoms with Crippen LogP contribution in [0, 0.1) is 0 Å². The molecule has 1 aliphatic heterocycles. The smallest absolute Gasteiger partial charge is 0.120 e. The first-order valence-corrected chi connectivity index (χ1v) is 5.28. The van der Waals surface area contributed by atoms with Crippen LogP contribution < -0.4 is 5.32 Å². The third-order valence-electron chi connectivity index (χ3n) is 2.90. The average Bonchev–Trinajstić information content (AvgIpc) is 2.69. The first-order valence-electron chi connectivity index (χ1n) is 5.28. The lowest BCUT2D eigenvalue weighted by Gasteiger charge is -2.35. The van der Waals surface area contributed by atoms with Gasteiger partial charge in [0.2, 0.25) is 0 Å². The highest BCUT2D eigenvalue weighted by Crippen LogP contribution is 2.21. The van der Waals surface area contributed by atoms with Crippen molar-refractivity contribution in [1.82, 2.24) is 10.2 Å². The van der Waals surface area contributed by atoms with Crippen LogP contribution in [0.25, 0.3) is 0 Å². The zero-order chi connectivity index (χ0) is 9.97. The van der Waals surface area contributed by atoms with Gasteiger partial charge in [-0.25, -0.2) is 0 Å². The lowest BCUT2D eigenvalue weighted by Crippen LogP contribution is -2.49. The lowest BCUT2D eigenvalue weighted by molar-refractivity contribution is 0.143. The predicted molar refractivity (Wildman–Crippen MR) is 56.2 cm³/mol. The Kier molecular flexibility index (Phi) is 2.89. The molecule has 0 saturated carbocycles. The summed E-state index contributed by atoms with van der Waals surface area (Å²) in [7, 11) is 0. The zero-order valence-electron chi connectivity index (χ0n) is 8.86. The number of furan rings is 1. The van der Waals surface area contributed by atoms with Gasteiger partial charge in [0.1, 0.15) is 5.76 Å². The molecule has 2 rings (SSSR count). The van der Waals surface area contributed by atoms with Gasteiger partial charge in [0, 0.05) is 25.7 Å². The monoisotopic (exact) mass is 194 g/mol. The van der Waals surface area contributed by atoms with E-state index in [1.165, 1.54) is 0 Å². The molecule has 0 spiro atoms. The first kappa shape index (κ1) is 9.74. The lowest BCUT2D eigenvalue weighted by atomic mass is 10.1. The summed E-state index contributed by atoms with van der Waals surface area (Å²) in [5, 5.41) is 3.44. The minimum absolute atomic E-state index is 0.398. The molecule has 2 heterocycles. The summed E-state index contributed by atoms with van der Waals surface area (Å²) in [6.45, 7) is 7.71. The van der Waals surface area contributed by atoms with Crippen LogP contribution in [0.15, 0.2) is 22.8 Å². The number of rotatable bonds is 2. The standard InChI is InChI=1S/C11H18N2O/c1-9-8-13(6-5-12-9)10(2)11-4-3-7-14-11/h3-4,7,9-10,12H,5-6,8H2,1-2H3/t9-,10-/m1/s1. The maximum Gasteiger partial charge on any atom is 0.120 e. The fraction of sp³-hybridized carbons (Fsp3) is 0.636. The highest BCUT2D eigenvalue weighted by Gasteiger charge is 2.22. The Morgan fingerprint density at radius 2 is 2.50 bits per heavy atom. The van der Waals surface area contributed by atoms with Crippen molar-refractivity contribution in [3.63, 3.8) is 0 Å². The summed E-state index contributed by atoms with van der Waals surface area (Å²) >= 11 is 0. The largest absolute Gasteiger partial charge is 0.468 e. The Hall–Kier alpha value is -0.800. The second kappa shape index (κ2) is 4.15. The van der Waals surface area contributed by atoms with E-state index < -0.39 is 0 Å². The number of nitrogens with zero attached hydrogens (tertiary/aromatic N) is 1. The second-order valence-electron chi connectivity index (χ2n) is 4.04. The summed E-state index contributed by atoms with van der Waals surface area (Å²) in [4.78, 5) is 2.46. The molecule has 78 valence electrons. The van der Waals surface area contributed by atoms with Crippen molar-refractivity contribution in [3.05, 3.63) is 24.2 Å². The molecule has 1 aromatic rings. The van der Waals surface area contributed by atoms with Crippen molar-refractivity contribution in [2.75, 3.05) is 19.6 Å². The molecular weight excluding hydrogens is 176 g/mol. The van der Waals surface area contributed by atoms with Crippen LogP contribution >= 0.6 is 0 Å². The molecule has 0 radical (unpaired) electrons. The number of hydrogen-bond donors (Lipinski definition) is 1. The van der Waals surface area contributed by atoms with Crippen molar-refractivity contribution in [2.45, 2.75) is 25.9 Å². The summed E-state index contributed by atoms with van der Waals surface area (Å²) in [6, 6.07) is 4.99. The van der Waals surface area contributed by atoms with E-state index in [4.69, 9.17) is 4.42 Å².